The Balaban J connectivity index is 1.74. The van der Waals surface area contributed by atoms with Crippen molar-refractivity contribution >= 4 is 33.9 Å². The third-order valence-electron chi connectivity index (χ3n) is 5.20. The Labute approximate surface area is 190 Å². The summed E-state index contributed by atoms with van der Waals surface area (Å²) in [7, 11) is 0. The maximum Gasteiger partial charge on any atom is 0.259 e. The van der Waals surface area contributed by atoms with Gasteiger partial charge in [-0.05, 0) is 36.4 Å². The number of fused-ring (bicyclic) bond motifs is 1. The standard InChI is InChI=1S/C25H22N6O2/c1-3-16(2)28-25(33)21-13-17-9-7-8-12-20(17)22(23(21)32)29-30-24-18(14-26)15-27-31(24)19-10-5-4-6-11-19/h3,5,7-13,15,29-30,32H,1-2,4,6H2,(H,28,33). The van der Waals surface area contributed by atoms with E-state index in [4.69, 9.17) is 0 Å². The van der Waals surface area contributed by atoms with Gasteiger partial charge < -0.3 is 10.4 Å². The average molecular weight is 438 g/mol. The van der Waals surface area contributed by atoms with Crippen LogP contribution >= 0.6 is 0 Å². The molecule has 0 aliphatic heterocycles. The number of rotatable bonds is 7. The number of nitriles is 1. The third-order valence-corrected chi connectivity index (χ3v) is 5.20. The molecular weight excluding hydrogens is 416 g/mol. The second kappa shape index (κ2) is 9.16. The summed E-state index contributed by atoms with van der Waals surface area (Å²) in [5, 5.41) is 28.9. The van der Waals surface area contributed by atoms with Crippen LogP contribution in [0.15, 0.2) is 79.7 Å². The van der Waals surface area contributed by atoms with Crippen LogP contribution in [0.25, 0.3) is 16.5 Å². The van der Waals surface area contributed by atoms with Crippen LogP contribution < -0.4 is 16.2 Å². The number of hydrogen-bond acceptors (Lipinski definition) is 6. The molecular formula is C25H22N6O2. The molecule has 0 saturated heterocycles. The Morgan fingerprint density at radius 2 is 2.09 bits per heavy atom. The summed E-state index contributed by atoms with van der Waals surface area (Å²) in [4.78, 5) is 12.7. The Morgan fingerprint density at radius 1 is 1.27 bits per heavy atom. The van der Waals surface area contributed by atoms with E-state index in [9.17, 15) is 15.2 Å². The van der Waals surface area contributed by atoms with Crippen molar-refractivity contribution < 1.29 is 9.90 Å². The van der Waals surface area contributed by atoms with Crippen LogP contribution in [-0.2, 0) is 0 Å². The molecule has 1 heterocycles. The van der Waals surface area contributed by atoms with Crippen molar-refractivity contribution in [3.63, 3.8) is 0 Å². The number of amides is 1. The van der Waals surface area contributed by atoms with E-state index < -0.39 is 5.91 Å². The van der Waals surface area contributed by atoms with Crippen LogP contribution in [0.3, 0.4) is 0 Å². The minimum absolute atomic E-state index is 0.0629. The van der Waals surface area contributed by atoms with Crippen LogP contribution in [0, 0.1) is 11.3 Å². The molecule has 1 amide bonds. The second-order valence-electron chi connectivity index (χ2n) is 7.34. The molecule has 3 aromatic rings. The van der Waals surface area contributed by atoms with E-state index in [-0.39, 0.29) is 17.0 Å². The highest BCUT2D eigenvalue weighted by atomic mass is 16.3. The van der Waals surface area contributed by atoms with Crippen molar-refractivity contribution in [2.45, 2.75) is 12.8 Å². The number of aromatic nitrogens is 2. The van der Waals surface area contributed by atoms with Crippen molar-refractivity contribution in [3.05, 3.63) is 90.8 Å². The predicted octanol–water partition coefficient (Wildman–Crippen LogP) is 4.67. The van der Waals surface area contributed by atoms with Gasteiger partial charge in [0.2, 0.25) is 0 Å². The molecule has 0 spiro atoms. The highest BCUT2D eigenvalue weighted by molar-refractivity contribution is 6.08. The number of allylic oxidation sites excluding steroid dienone is 5. The molecule has 8 heteroatoms. The lowest BCUT2D eigenvalue weighted by Gasteiger charge is -2.18. The van der Waals surface area contributed by atoms with Gasteiger partial charge in [-0.1, -0.05) is 49.6 Å². The van der Waals surface area contributed by atoms with E-state index in [0.717, 1.165) is 23.9 Å². The Morgan fingerprint density at radius 3 is 2.82 bits per heavy atom. The fourth-order valence-electron chi connectivity index (χ4n) is 3.53. The molecule has 1 aromatic heterocycles. The van der Waals surface area contributed by atoms with Crippen LogP contribution in [0.4, 0.5) is 11.5 Å². The van der Waals surface area contributed by atoms with Gasteiger partial charge in [-0.15, -0.1) is 0 Å². The van der Waals surface area contributed by atoms with E-state index in [1.807, 2.05) is 42.5 Å². The molecule has 0 radical (unpaired) electrons. The van der Waals surface area contributed by atoms with Gasteiger partial charge in [0.05, 0.1) is 17.5 Å². The van der Waals surface area contributed by atoms with Crippen molar-refractivity contribution in [1.29, 1.82) is 5.26 Å². The molecule has 0 saturated carbocycles. The molecule has 4 rings (SSSR count). The van der Waals surface area contributed by atoms with Crippen molar-refractivity contribution in [3.8, 4) is 11.8 Å². The number of carbonyl (C=O) groups is 1. The largest absolute Gasteiger partial charge is 0.505 e. The van der Waals surface area contributed by atoms with Crippen molar-refractivity contribution in [1.82, 2.24) is 15.1 Å². The zero-order valence-corrected chi connectivity index (χ0v) is 17.8. The summed E-state index contributed by atoms with van der Waals surface area (Å²) in [6.07, 6.45) is 10.7. The van der Waals surface area contributed by atoms with Gasteiger partial charge in [-0.2, -0.15) is 10.4 Å². The van der Waals surface area contributed by atoms with Crippen molar-refractivity contribution in [2.75, 3.05) is 10.9 Å². The number of nitrogens with zero attached hydrogens (tertiary/aromatic N) is 3. The Kier molecular flexibility index (Phi) is 5.96. The molecule has 8 nitrogen and oxygen atoms in total. The summed E-state index contributed by atoms with van der Waals surface area (Å²) in [6.45, 7) is 7.26. The number of hydrogen-bond donors (Lipinski definition) is 4. The van der Waals surface area contributed by atoms with Crippen LogP contribution in [0.2, 0.25) is 0 Å². The minimum atomic E-state index is -0.522. The number of benzene rings is 2. The smallest absolute Gasteiger partial charge is 0.259 e. The van der Waals surface area contributed by atoms with E-state index in [0.29, 0.717) is 22.5 Å². The molecule has 0 atom stereocenters. The molecule has 164 valence electrons. The Bertz CT molecular complexity index is 1370. The van der Waals surface area contributed by atoms with Gasteiger partial charge in [0.15, 0.2) is 11.6 Å². The fourth-order valence-corrected chi connectivity index (χ4v) is 3.53. The summed E-state index contributed by atoms with van der Waals surface area (Å²) < 4.78 is 1.62. The molecule has 2 aromatic carbocycles. The van der Waals surface area contributed by atoms with Gasteiger partial charge >= 0.3 is 0 Å². The molecule has 0 bridgehead atoms. The predicted molar refractivity (Wildman–Crippen MR) is 129 cm³/mol. The zero-order valence-electron chi connectivity index (χ0n) is 17.8. The van der Waals surface area contributed by atoms with Gasteiger partial charge in [0, 0.05) is 11.1 Å². The SMILES string of the molecule is C=CC(=C)NC(=O)c1cc2ccccc2c(NNc2c(C#N)cnn2C2=CCCC=C2)c1O. The third kappa shape index (κ3) is 4.20. The summed E-state index contributed by atoms with van der Waals surface area (Å²) in [5.41, 5.74) is 7.81. The number of nitrogens with one attached hydrogen (secondary N) is 3. The number of anilines is 2. The quantitative estimate of drug-likeness (QED) is 0.242. The first-order valence-electron chi connectivity index (χ1n) is 10.3. The average Bonchev–Trinajstić information content (AvgIpc) is 3.26. The highest BCUT2D eigenvalue weighted by Gasteiger charge is 2.20. The van der Waals surface area contributed by atoms with Gasteiger partial charge in [0.25, 0.3) is 5.91 Å². The zero-order chi connectivity index (χ0) is 23.4. The molecule has 33 heavy (non-hydrogen) atoms. The van der Waals surface area contributed by atoms with E-state index in [1.54, 1.807) is 10.7 Å². The Hall–Kier alpha value is -4.77. The monoisotopic (exact) mass is 438 g/mol. The topological polar surface area (TPSA) is 115 Å². The first kappa shape index (κ1) is 21.5. The maximum atomic E-state index is 12.7. The summed E-state index contributed by atoms with van der Waals surface area (Å²) >= 11 is 0. The van der Waals surface area contributed by atoms with Gasteiger partial charge in [-0.3, -0.25) is 15.6 Å². The lowest BCUT2D eigenvalue weighted by Crippen LogP contribution is -2.22. The van der Waals surface area contributed by atoms with Crippen LogP contribution in [0.5, 0.6) is 5.75 Å². The lowest BCUT2D eigenvalue weighted by atomic mass is 10.0. The first-order valence-corrected chi connectivity index (χ1v) is 10.3. The van der Waals surface area contributed by atoms with E-state index in [2.05, 4.69) is 40.5 Å². The number of hydrazine groups is 1. The van der Waals surface area contributed by atoms with Crippen LogP contribution in [-0.4, -0.2) is 20.8 Å². The molecule has 1 aliphatic carbocycles. The maximum absolute atomic E-state index is 12.7. The van der Waals surface area contributed by atoms with Crippen LogP contribution in [0.1, 0.15) is 28.8 Å². The molecule has 0 unspecified atom stereocenters. The van der Waals surface area contributed by atoms with E-state index >= 15 is 0 Å². The fraction of sp³-hybridized carbons (Fsp3) is 0.0800. The second-order valence-corrected chi connectivity index (χ2v) is 7.34. The van der Waals surface area contributed by atoms with Crippen molar-refractivity contribution in [2.24, 2.45) is 0 Å². The summed E-state index contributed by atoms with van der Waals surface area (Å²) in [5.74, 6) is -0.364. The van der Waals surface area contributed by atoms with Gasteiger partial charge in [-0.25, -0.2) is 4.68 Å². The number of phenolic OH excluding ortho intramolecular Hbond substituents is 1. The lowest BCUT2D eigenvalue weighted by molar-refractivity contribution is 0.0965. The summed E-state index contributed by atoms with van der Waals surface area (Å²) in [6, 6.07) is 11.0. The number of carbonyl (C=O) groups excluding carboxylic acids is 1. The normalized spacial score (nSPS) is 12.5. The molecule has 0 fully saturated rings. The number of aromatic hydroxyl groups is 1. The molecule has 4 N–H and O–H groups in total. The van der Waals surface area contributed by atoms with Gasteiger partial charge in [0.1, 0.15) is 17.3 Å². The minimum Gasteiger partial charge on any atom is -0.505 e. The highest BCUT2D eigenvalue weighted by Crippen LogP contribution is 2.36. The molecule has 1 aliphatic rings. The number of phenols is 1. The van der Waals surface area contributed by atoms with E-state index in [1.165, 1.54) is 12.3 Å². The first-order chi connectivity index (χ1) is 16.0.